The number of rotatable bonds is 1. The Morgan fingerprint density at radius 1 is 1.18 bits per heavy atom. The quantitative estimate of drug-likeness (QED) is 0.260. The number of aliphatic hydroxyl groups is 4. The Hall–Kier alpha value is -0.240. The van der Waals surface area contributed by atoms with Gasteiger partial charge < -0.3 is 30.9 Å². The SMILES string of the molecule is NC(O)[C@H]1OC(O)[C@H](O)[C@@H]1O. The van der Waals surface area contributed by atoms with E-state index >= 15 is 0 Å². The maximum absolute atomic E-state index is 9.02. The van der Waals surface area contributed by atoms with Crippen LogP contribution in [0.4, 0.5) is 0 Å². The second kappa shape index (κ2) is 3.02. The number of nitrogens with two attached hydrogens (primary N) is 1. The number of hydrogen-bond acceptors (Lipinski definition) is 6. The van der Waals surface area contributed by atoms with E-state index < -0.39 is 30.8 Å². The zero-order valence-electron chi connectivity index (χ0n) is 5.66. The highest BCUT2D eigenvalue weighted by atomic mass is 16.6. The fourth-order valence-corrected chi connectivity index (χ4v) is 0.968. The molecule has 66 valence electrons. The Morgan fingerprint density at radius 2 is 1.73 bits per heavy atom. The maximum Gasteiger partial charge on any atom is 0.184 e. The van der Waals surface area contributed by atoms with Gasteiger partial charge in [-0.15, -0.1) is 0 Å². The predicted octanol–water partition coefficient (Wildman–Crippen LogP) is -3.30. The van der Waals surface area contributed by atoms with Gasteiger partial charge in [-0.25, -0.2) is 0 Å². The Labute approximate surface area is 62.8 Å². The van der Waals surface area contributed by atoms with Crippen molar-refractivity contribution in [3.05, 3.63) is 0 Å². The van der Waals surface area contributed by atoms with E-state index in [0.717, 1.165) is 0 Å². The molecule has 2 unspecified atom stereocenters. The van der Waals surface area contributed by atoms with Crippen LogP contribution in [0.3, 0.4) is 0 Å². The molecule has 6 N–H and O–H groups in total. The van der Waals surface area contributed by atoms with E-state index in [1.165, 1.54) is 0 Å². The van der Waals surface area contributed by atoms with Gasteiger partial charge in [-0.2, -0.15) is 0 Å². The molecule has 1 saturated heterocycles. The molecular weight excluding hydrogens is 154 g/mol. The highest BCUT2D eigenvalue weighted by Gasteiger charge is 2.44. The van der Waals surface area contributed by atoms with Crippen molar-refractivity contribution in [2.75, 3.05) is 0 Å². The van der Waals surface area contributed by atoms with Crippen molar-refractivity contribution in [2.45, 2.75) is 30.8 Å². The Balaban J connectivity index is 2.59. The van der Waals surface area contributed by atoms with E-state index in [1.54, 1.807) is 0 Å². The van der Waals surface area contributed by atoms with Gasteiger partial charge >= 0.3 is 0 Å². The fourth-order valence-electron chi connectivity index (χ4n) is 0.968. The standard InChI is InChI=1S/C5H11NO5/c6-4(9)3-1(7)2(8)5(10)11-3/h1-5,7-10H,6H2/t1-,2+,3-,4?,5?/m0/s1. The van der Waals surface area contributed by atoms with Crippen molar-refractivity contribution in [1.82, 2.24) is 0 Å². The number of ether oxygens (including phenoxy) is 1. The molecule has 6 nitrogen and oxygen atoms in total. The fraction of sp³-hybridized carbons (Fsp3) is 1.00. The summed E-state index contributed by atoms with van der Waals surface area (Å²) in [7, 11) is 0. The highest BCUT2D eigenvalue weighted by Crippen LogP contribution is 2.20. The van der Waals surface area contributed by atoms with E-state index in [9.17, 15) is 0 Å². The average Bonchev–Trinajstić information content (AvgIpc) is 2.17. The molecule has 0 radical (unpaired) electrons. The summed E-state index contributed by atoms with van der Waals surface area (Å²) >= 11 is 0. The summed E-state index contributed by atoms with van der Waals surface area (Å²) in [4.78, 5) is 0. The molecule has 0 aromatic heterocycles. The van der Waals surface area contributed by atoms with Crippen LogP contribution in [0.15, 0.2) is 0 Å². The third-order valence-corrected chi connectivity index (χ3v) is 1.61. The topological polar surface area (TPSA) is 116 Å². The zero-order chi connectivity index (χ0) is 8.59. The summed E-state index contributed by atoms with van der Waals surface area (Å²) < 4.78 is 4.53. The smallest absolute Gasteiger partial charge is 0.184 e. The van der Waals surface area contributed by atoms with Crippen LogP contribution in [-0.4, -0.2) is 51.3 Å². The van der Waals surface area contributed by atoms with Crippen molar-refractivity contribution in [2.24, 2.45) is 5.73 Å². The lowest BCUT2D eigenvalue weighted by atomic mass is 10.1. The Bertz CT molecular complexity index is 141. The van der Waals surface area contributed by atoms with Gasteiger partial charge in [0.1, 0.15) is 24.5 Å². The minimum absolute atomic E-state index is 1.13. The van der Waals surface area contributed by atoms with Gasteiger partial charge in [0.15, 0.2) is 6.29 Å². The first-order chi connectivity index (χ1) is 5.04. The van der Waals surface area contributed by atoms with Crippen LogP contribution < -0.4 is 5.73 Å². The number of hydrogen-bond donors (Lipinski definition) is 5. The van der Waals surface area contributed by atoms with Crippen molar-refractivity contribution in [1.29, 1.82) is 0 Å². The van der Waals surface area contributed by atoms with Crippen molar-refractivity contribution < 1.29 is 25.2 Å². The summed E-state index contributed by atoms with van der Waals surface area (Å²) in [6.45, 7) is 0. The van der Waals surface area contributed by atoms with E-state index in [2.05, 4.69) is 4.74 Å². The molecule has 5 atom stereocenters. The zero-order valence-corrected chi connectivity index (χ0v) is 5.66. The van der Waals surface area contributed by atoms with Crippen LogP contribution in [0.2, 0.25) is 0 Å². The minimum atomic E-state index is -1.48. The van der Waals surface area contributed by atoms with Crippen LogP contribution in [-0.2, 0) is 4.74 Å². The molecule has 0 aliphatic carbocycles. The van der Waals surface area contributed by atoms with Gasteiger partial charge in [0.2, 0.25) is 0 Å². The summed E-state index contributed by atoms with van der Waals surface area (Å²) in [6.07, 6.45) is -6.76. The van der Waals surface area contributed by atoms with Gasteiger partial charge in [0.05, 0.1) is 0 Å². The van der Waals surface area contributed by atoms with E-state index in [1.807, 2.05) is 0 Å². The molecule has 0 aromatic rings. The second-order valence-corrected chi connectivity index (χ2v) is 2.46. The molecular formula is C5H11NO5. The van der Waals surface area contributed by atoms with Crippen LogP contribution in [0.25, 0.3) is 0 Å². The molecule has 1 heterocycles. The molecule has 11 heavy (non-hydrogen) atoms. The first kappa shape index (κ1) is 8.85. The first-order valence-corrected chi connectivity index (χ1v) is 3.17. The van der Waals surface area contributed by atoms with E-state index in [4.69, 9.17) is 26.2 Å². The second-order valence-electron chi connectivity index (χ2n) is 2.46. The van der Waals surface area contributed by atoms with Crippen molar-refractivity contribution in [3.63, 3.8) is 0 Å². The predicted molar refractivity (Wildman–Crippen MR) is 33.1 cm³/mol. The van der Waals surface area contributed by atoms with E-state index in [0.29, 0.717) is 0 Å². The van der Waals surface area contributed by atoms with Gasteiger partial charge in [0, 0.05) is 0 Å². The van der Waals surface area contributed by atoms with Crippen molar-refractivity contribution in [3.8, 4) is 0 Å². The Kier molecular flexibility index (Phi) is 2.43. The van der Waals surface area contributed by atoms with Gasteiger partial charge in [-0.05, 0) is 0 Å². The minimum Gasteiger partial charge on any atom is -0.387 e. The third kappa shape index (κ3) is 1.51. The van der Waals surface area contributed by atoms with Gasteiger partial charge in [-0.3, -0.25) is 0 Å². The summed E-state index contributed by atoms with van der Waals surface area (Å²) in [5.41, 5.74) is 4.96. The lowest BCUT2D eigenvalue weighted by Gasteiger charge is -2.16. The van der Waals surface area contributed by atoms with Gasteiger partial charge in [0.25, 0.3) is 0 Å². The third-order valence-electron chi connectivity index (χ3n) is 1.61. The molecule has 0 saturated carbocycles. The summed E-state index contributed by atoms with van der Waals surface area (Å²) in [5.74, 6) is 0. The number of aliphatic hydroxyl groups excluding tert-OH is 4. The Morgan fingerprint density at radius 3 is 1.91 bits per heavy atom. The molecule has 6 heteroatoms. The lowest BCUT2D eigenvalue weighted by molar-refractivity contribution is -0.145. The van der Waals surface area contributed by atoms with E-state index in [-0.39, 0.29) is 0 Å². The molecule has 0 amide bonds. The normalized spacial score (nSPS) is 47.7. The maximum atomic E-state index is 9.02. The van der Waals surface area contributed by atoms with Gasteiger partial charge in [-0.1, -0.05) is 0 Å². The van der Waals surface area contributed by atoms with Crippen LogP contribution >= 0.6 is 0 Å². The molecule has 0 aromatic carbocycles. The van der Waals surface area contributed by atoms with Crippen LogP contribution in [0, 0.1) is 0 Å². The largest absolute Gasteiger partial charge is 0.387 e. The molecule has 1 aliphatic rings. The molecule has 1 fully saturated rings. The summed E-state index contributed by atoms with van der Waals surface area (Å²) in [6, 6.07) is 0. The van der Waals surface area contributed by atoms with Crippen molar-refractivity contribution >= 4 is 0 Å². The molecule has 0 bridgehead atoms. The molecule has 0 spiro atoms. The van der Waals surface area contributed by atoms with Crippen LogP contribution in [0.1, 0.15) is 0 Å². The molecule has 1 rings (SSSR count). The first-order valence-electron chi connectivity index (χ1n) is 3.17. The summed E-state index contributed by atoms with van der Waals surface area (Å²) in [5, 5.41) is 35.4. The molecule has 1 aliphatic heterocycles. The lowest BCUT2D eigenvalue weighted by Crippen LogP contribution is -2.43. The van der Waals surface area contributed by atoms with Crippen LogP contribution in [0.5, 0.6) is 0 Å². The monoisotopic (exact) mass is 165 g/mol. The average molecular weight is 165 g/mol. The highest BCUT2D eigenvalue weighted by molar-refractivity contribution is 4.87.